The molecule has 0 N–H and O–H groups in total. The molecule has 0 radical (unpaired) electrons. The van der Waals surface area contributed by atoms with Gasteiger partial charge in [0.25, 0.3) is 0 Å². The van der Waals surface area contributed by atoms with Crippen LogP contribution in [0.25, 0.3) is 0 Å². The molecule has 0 bridgehead atoms. The van der Waals surface area contributed by atoms with Crippen LogP contribution in [0, 0.1) is 22.7 Å². The van der Waals surface area contributed by atoms with E-state index in [0.29, 0.717) is 22.6 Å². The SMILES string of the molecule is CN1c2ccc(C#N)cc2Oc2ccc(C#N)cc21. The molecule has 2 aromatic rings. The van der Waals surface area contributed by atoms with Crippen LogP contribution in [-0.2, 0) is 0 Å². The van der Waals surface area contributed by atoms with Crippen molar-refractivity contribution < 1.29 is 4.74 Å². The molecule has 0 aliphatic carbocycles. The van der Waals surface area contributed by atoms with Gasteiger partial charge in [-0.15, -0.1) is 0 Å². The molecule has 0 amide bonds. The van der Waals surface area contributed by atoms with Gasteiger partial charge in [-0.3, -0.25) is 0 Å². The Morgan fingerprint density at radius 3 is 2.32 bits per heavy atom. The number of hydrogen-bond acceptors (Lipinski definition) is 4. The van der Waals surface area contributed by atoms with Crippen molar-refractivity contribution in [1.29, 1.82) is 10.5 Å². The summed E-state index contributed by atoms with van der Waals surface area (Å²) < 4.78 is 5.79. The van der Waals surface area contributed by atoms with E-state index in [2.05, 4.69) is 12.1 Å². The first kappa shape index (κ1) is 11.1. The van der Waals surface area contributed by atoms with Gasteiger partial charge in [0.15, 0.2) is 11.5 Å². The highest BCUT2D eigenvalue weighted by Crippen LogP contribution is 2.46. The number of nitrogens with zero attached hydrogens (tertiary/aromatic N) is 3. The Kier molecular flexibility index (Phi) is 2.37. The number of benzene rings is 2. The van der Waals surface area contributed by atoms with Crippen molar-refractivity contribution in [2.75, 3.05) is 11.9 Å². The smallest absolute Gasteiger partial charge is 0.152 e. The molecule has 0 spiro atoms. The average molecular weight is 247 g/mol. The third kappa shape index (κ3) is 1.67. The largest absolute Gasteiger partial charge is 0.453 e. The predicted molar refractivity (Wildman–Crippen MR) is 70.5 cm³/mol. The van der Waals surface area contributed by atoms with E-state index in [1.165, 1.54) is 0 Å². The number of nitriles is 2. The number of fused-ring (bicyclic) bond motifs is 2. The normalized spacial score (nSPS) is 11.6. The molecule has 0 saturated heterocycles. The molecule has 0 aromatic heterocycles. The van der Waals surface area contributed by atoms with Crippen LogP contribution in [0.3, 0.4) is 0 Å². The van der Waals surface area contributed by atoms with Crippen molar-refractivity contribution in [2.45, 2.75) is 0 Å². The summed E-state index contributed by atoms with van der Waals surface area (Å²) in [7, 11) is 1.91. The molecule has 0 unspecified atom stereocenters. The van der Waals surface area contributed by atoms with Gasteiger partial charge >= 0.3 is 0 Å². The van der Waals surface area contributed by atoms with E-state index in [4.69, 9.17) is 15.3 Å². The van der Waals surface area contributed by atoms with Gasteiger partial charge < -0.3 is 9.64 Å². The highest BCUT2D eigenvalue weighted by molar-refractivity contribution is 5.78. The summed E-state index contributed by atoms with van der Waals surface area (Å²) in [5.41, 5.74) is 2.87. The number of ether oxygens (including phenoxy) is 1. The van der Waals surface area contributed by atoms with Gasteiger partial charge in [0.05, 0.1) is 34.6 Å². The van der Waals surface area contributed by atoms with Crippen LogP contribution in [0.1, 0.15) is 11.1 Å². The van der Waals surface area contributed by atoms with Crippen LogP contribution in [0.2, 0.25) is 0 Å². The number of hydrogen-bond donors (Lipinski definition) is 0. The Morgan fingerprint density at radius 2 is 1.58 bits per heavy atom. The summed E-state index contributed by atoms with van der Waals surface area (Å²) in [4.78, 5) is 1.95. The molecular formula is C15H9N3O. The van der Waals surface area contributed by atoms with Crippen molar-refractivity contribution in [2.24, 2.45) is 0 Å². The Hall–Kier alpha value is -2.98. The van der Waals surface area contributed by atoms with Crippen LogP contribution in [0.4, 0.5) is 11.4 Å². The maximum atomic E-state index is 8.94. The van der Waals surface area contributed by atoms with Crippen LogP contribution < -0.4 is 9.64 Å². The molecule has 1 aliphatic heterocycles. The van der Waals surface area contributed by atoms with Crippen LogP contribution in [0.5, 0.6) is 11.5 Å². The minimum atomic E-state index is 0.559. The fraction of sp³-hybridized carbons (Fsp3) is 0.0667. The molecule has 4 heteroatoms. The Bertz CT molecular complexity index is 753. The van der Waals surface area contributed by atoms with Gasteiger partial charge in [-0.05, 0) is 30.3 Å². The first-order valence-corrected chi connectivity index (χ1v) is 5.73. The lowest BCUT2D eigenvalue weighted by molar-refractivity contribution is 0.475. The van der Waals surface area contributed by atoms with Crippen LogP contribution in [-0.4, -0.2) is 7.05 Å². The molecule has 3 rings (SSSR count). The van der Waals surface area contributed by atoms with Gasteiger partial charge in [0.2, 0.25) is 0 Å². The van der Waals surface area contributed by atoms with Crippen molar-refractivity contribution >= 4 is 11.4 Å². The summed E-state index contributed by atoms with van der Waals surface area (Å²) in [6.07, 6.45) is 0. The van der Waals surface area contributed by atoms with Gasteiger partial charge in [0, 0.05) is 13.1 Å². The van der Waals surface area contributed by atoms with Gasteiger partial charge in [-0.2, -0.15) is 10.5 Å². The monoisotopic (exact) mass is 247 g/mol. The molecule has 0 fully saturated rings. The standard InChI is InChI=1S/C15H9N3O/c1-18-12-4-2-11(9-17)7-15(12)19-14-5-3-10(8-16)6-13(14)18/h2-7H,1H3. The molecular weight excluding hydrogens is 238 g/mol. The second-order valence-electron chi connectivity index (χ2n) is 4.25. The summed E-state index contributed by atoms with van der Waals surface area (Å²) in [6.45, 7) is 0. The van der Waals surface area contributed by atoms with E-state index in [1.54, 1.807) is 30.3 Å². The maximum Gasteiger partial charge on any atom is 0.152 e. The van der Waals surface area contributed by atoms with E-state index in [1.807, 2.05) is 18.0 Å². The molecule has 0 saturated carbocycles. The lowest BCUT2D eigenvalue weighted by Gasteiger charge is -2.29. The number of rotatable bonds is 0. The Morgan fingerprint density at radius 1 is 0.895 bits per heavy atom. The summed E-state index contributed by atoms with van der Waals surface area (Å²) >= 11 is 0. The van der Waals surface area contributed by atoms with E-state index in [0.717, 1.165) is 11.4 Å². The van der Waals surface area contributed by atoms with Crippen LogP contribution >= 0.6 is 0 Å². The fourth-order valence-corrected chi connectivity index (χ4v) is 2.13. The van der Waals surface area contributed by atoms with Crippen LogP contribution in [0.15, 0.2) is 36.4 Å². The van der Waals surface area contributed by atoms with Gasteiger partial charge in [0.1, 0.15) is 0 Å². The molecule has 0 atom stereocenters. The van der Waals surface area contributed by atoms with E-state index >= 15 is 0 Å². The Balaban J connectivity index is 2.15. The molecule has 1 heterocycles. The lowest BCUT2D eigenvalue weighted by Crippen LogP contribution is -2.15. The molecule has 19 heavy (non-hydrogen) atoms. The molecule has 4 nitrogen and oxygen atoms in total. The predicted octanol–water partition coefficient (Wildman–Crippen LogP) is 3.30. The van der Waals surface area contributed by atoms with E-state index < -0.39 is 0 Å². The van der Waals surface area contributed by atoms with Crippen molar-refractivity contribution in [3.8, 4) is 23.6 Å². The molecule has 90 valence electrons. The van der Waals surface area contributed by atoms with Crippen molar-refractivity contribution in [3.63, 3.8) is 0 Å². The van der Waals surface area contributed by atoms with Crippen molar-refractivity contribution in [3.05, 3.63) is 47.5 Å². The number of anilines is 2. The second kappa shape index (κ2) is 4.04. The quantitative estimate of drug-likeness (QED) is 0.716. The van der Waals surface area contributed by atoms with Gasteiger partial charge in [-0.25, -0.2) is 0 Å². The zero-order valence-electron chi connectivity index (χ0n) is 10.2. The van der Waals surface area contributed by atoms with Crippen molar-refractivity contribution in [1.82, 2.24) is 0 Å². The zero-order valence-corrected chi connectivity index (χ0v) is 10.2. The molecule has 1 aliphatic rings. The third-order valence-corrected chi connectivity index (χ3v) is 3.12. The Labute approximate surface area is 110 Å². The average Bonchev–Trinajstić information content (AvgIpc) is 2.46. The summed E-state index contributed by atoms with van der Waals surface area (Å²) in [6, 6.07) is 14.8. The van der Waals surface area contributed by atoms with E-state index in [-0.39, 0.29) is 0 Å². The van der Waals surface area contributed by atoms with Gasteiger partial charge in [-0.1, -0.05) is 0 Å². The third-order valence-electron chi connectivity index (χ3n) is 3.12. The maximum absolute atomic E-state index is 8.94. The summed E-state index contributed by atoms with van der Waals surface area (Å²) in [5, 5.41) is 17.9. The minimum absolute atomic E-state index is 0.559. The highest BCUT2D eigenvalue weighted by Gasteiger charge is 2.22. The summed E-state index contributed by atoms with van der Waals surface area (Å²) in [5.74, 6) is 1.34. The zero-order chi connectivity index (χ0) is 13.4. The second-order valence-corrected chi connectivity index (χ2v) is 4.25. The highest BCUT2D eigenvalue weighted by atomic mass is 16.5. The fourth-order valence-electron chi connectivity index (χ4n) is 2.13. The van der Waals surface area contributed by atoms with E-state index in [9.17, 15) is 0 Å². The lowest BCUT2D eigenvalue weighted by atomic mass is 10.1. The topological polar surface area (TPSA) is 60.1 Å². The first-order chi connectivity index (χ1) is 9.22. The first-order valence-electron chi connectivity index (χ1n) is 5.73. The minimum Gasteiger partial charge on any atom is -0.453 e. The molecule has 2 aromatic carbocycles.